The van der Waals surface area contributed by atoms with E-state index in [2.05, 4.69) is 10.9 Å². The zero-order valence-electron chi connectivity index (χ0n) is 15.1. The zero-order valence-corrected chi connectivity index (χ0v) is 15.1. The van der Waals surface area contributed by atoms with E-state index in [1.165, 1.54) is 6.07 Å². The quantitative estimate of drug-likeness (QED) is 0.872. The van der Waals surface area contributed by atoms with E-state index in [1.54, 1.807) is 11.0 Å². The lowest BCUT2D eigenvalue weighted by Crippen LogP contribution is -2.60. The maximum atomic E-state index is 14.4. The summed E-state index contributed by atoms with van der Waals surface area (Å²) in [5.74, 6) is 0.135. The Labute approximate surface area is 153 Å². The van der Waals surface area contributed by atoms with Gasteiger partial charge in [-0.1, -0.05) is 18.9 Å². The number of nitrogens with zero attached hydrogens (tertiary/aromatic N) is 1. The number of carbonyl (C=O) groups excluding carboxylic acids is 2. The highest BCUT2D eigenvalue weighted by Gasteiger charge is 2.40. The van der Waals surface area contributed by atoms with Gasteiger partial charge in [-0.3, -0.25) is 15.0 Å². The third kappa shape index (κ3) is 3.11. The monoisotopic (exact) mass is 359 g/mol. The average molecular weight is 359 g/mol. The van der Waals surface area contributed by atoms with E-state index in [0.717, 1.165) is 37.7 Å². The van der Waals surface area contributed by atoms with Crippen LogP contribution >= 0.6 is 0 Å². The Hall–Kier alpha value is -1.95. The number of hydrazine groups is 1. The van der Waals surface area contributed by atoms with E-state index in [4.69, 9.17) is 0 Å². The minimum absolute atomic E-state index is 0.0102. The van der Waals surface area contributed by atoms with E-state index in [0.29, 0.717) is 24.4 Å². The van der Waals surface area contributed by atoms with E-state index >= 15 is 0 Å². The van der Waals surface area contributed by atoms with E-state index in [1.807, 2.05) is 13.0 Å². The number of hydrogen-bond donors (Lipinski definition) is 2. The van der Waals surface area contributed by atoms with Crippen LogP contribution < -0.4 is 15.8 Å². The van der Waals surface area contributed by atoms with Crippen molar-refractivity contribution in [1.82, 2.24) is 10.9 Å². The first-order valence-electron chi connectivity index (χ1n) is 9.70. The fraction of sp³-hybridized carbons (Fsp3) is 0.600. The molecule has 6 heteroatoms. The molecule has 140 valence electrons. The maximum Gasteiger partial charge on any atom is 0.237 e. The van der Waals surface area contributed by atoms with Crippen molar-refractivity contribution in [2.24, 2.45) is 11.8 Å². The van der Waals surface area contributed by atoms with Crippen LogP contribution in [0.1, 0.15) is 51.0 Å². The summed E-state index contributed by atoms with van der Waals surface area (Å²) in [6.45, 7) is 1.96. The highest BCUT2D eigenvalue weighted by Crippen LogP contribution is 2.36. The molecule has 2 amide bonds. The molecule has 1 aromatic rings. The van der Waals surface area contributed by atoms with Gasteiger partial charge in [-0.25, -0.2) is 9.82 Å². The topological polar surface area (TPSA) is 61.4 Å². The first kappa shape index (κ1) is 17.5. The van der Waals surface area contributed by atoms with Gasteiger partial charge < -0.3 is 4.90 Å². The van der Waals surface area contributed by atoms with Crippen LogP contribution in [0.15, 0.2) is 18.2 Å². The molecular formula is C20H26FN3O2. The number of rotatable bonds is 3. The number of fused-ring (bicyclic) bond motifs is 1. The Morgan fingerprint density at radius 3 is 2.77 bits per heavy atom. The molecule has 1 aromatic carbocycles. The summed E-state index contributed by atoms with van der Waals surface area (Å²) in [6.07, 6.45) is 6.21. The molecule has 2 N–H and O–H groups in total. The SMILES string of the molecule is CC1CCC(=O)N1c1cc(CC2NNC(=O)C3CCCCC23)ccc1F. The molecule has 0 bridgehead atoms. The number of halogens is 1. The summed E-state index contributed by atoms with van der Waals surface area (Å²) < 4.78 is 14.4. The molecule has 26 heavy (non-hydrogen) atoms. The molecule has 1 aliphatic carbocycles. The number of hydrogen-bond acceptors (Lipinski definition) is 3. The highest BCUT2D eigenvalue weighted by atomic mass is 19.1. The van der Waals surface area contributed by atoms with Gasteiger partial charge in [-0.05, 0) is 56.2 Å². The smallest absolute Gasteiger partial charge is 0.237 e. The Morgan fingerprint density at radius 2 is 2.00 bits per heavy atom. The van der Waals surface area contributed by atoms with Crippen LogP contribution in [0.2, 0.25) is 0 Å². The van der Waals surface area contributed by atoms with Crippen LogP contribution in [0.3, 0.4) is 0 Å². The number of amides is 2. The molecule has 5 nitrogen and oxygen atoms in total. The lowest BCUT2D eigenvalue weighted by atomic mass is 9.72. The van der Waals surface area contributed by atoms with Gasteiger partial charge in [0.2, 0.25) is 11.8 Å². The largest absolute Gasteiger partial charge is 0.307 e. The Kier molecular flexibility index (Phi) is 4.69. The van der Waals surface area contributed by atoms with Crippen molar-refractivity contribution < 1.29 is 14.0 Å². The number of anilines is 1. The van der Waals surface area contributed by atoms with E-state index < -0.39 is 0 Å². The predicted molar refractivity (Wildman–Crippen MR) is 96.8 cm³/mol. The summed E-state index contributed by atoms with van der Waals surface area (Å²) in [5.41, 5.74) is 7.36. The molecule has 2 saturated heterocycles. The lowest BCUT2D eigenvalue weighted by Gasteiger charge is -2.41. The number of nitrogens with one attached hydrogen (secondary N) is 2. The molecule has 4 atom stereocenters. The van der Waals surface area contributed by atoms with Gasteiger partial charge in [0, 0.05) is 24.4 Å². The van der Waals surface area contributed by atoms with Crippen molar-refractivity contribution in [3.8, 4) is 0 Å². The molecule has 0 aromatic heterocycles. The summed E-state index contributed by atoms with van der Waals surface area (Å²) in [4.78, 5) is 25.9. The van der Waals surface area contributed by atoms with Crippen molar-refractivity contribution in [3.63, 3.8) is 0 Å². The molecule has 2 aliphatic heterocycles. The van der Waals surface area contributed by atoms with Gasteiger partial charge in [0.05, 0.1) is 5.69 Å². The molecule has 3 fully saturated rings. The predicted octanol–water partition coefficient (Wildman–Crippen LogP) is 2.69. The zero-order chi connectivity index (χ0) is 18.3. The second-order valence-electron chi connectivity index (χ2n) is 7.94. The second kappa shape index (κ2) is 6.99. The fourth-order valence-corrected chi connectivity index (χ4v) is 4.86. The lowest BCUT2D eigenvalue weighted by molar-refractivity contribution is -0.133. The van der Waals surface area contributed by atoms with Crippen LogP contribution in [-0.4, -0.2) is 23.9 Å². The number of benzene rings is 1. The van der Waals surface area contributed by atoms with Crippen LogP contribution in [0.4, 0.5) is 10.1 Å². The van der Waals surface area contributed by atoms with Crippen LogP contribution in [-0.2, 0) is 16.0 Å². The Morgan fingerprint density at radius 1 is 1.19 bits per heavy atom. The third-order valence-corrected chi connectivity index (χ3v) is 6.26. The minimum Gasteiger partial charge on any atom is -0.307 e. The molecular weight excluding hydrogens is 333 g/mol. The van der Waals surface area contributed by atoms with Crippen molar-refractivity contribution >= 4 is 17.5 Å². The maximum absolute atomic E-state index is 14.4. The molecule has 4 rings (SSSR count). The first-order chi connectivity index (χ1) is 12.5. The molecule has 0 spiro atoms. The van der Waals surface area contributed by atoms with Gasteiger partial charge in [0.25, 0.3) is 0 Å². The summed E-state index contributed by atoms with van der Waals surface area (Å²) >= 11 is 0. The van der Waals surface area contributed by atoms with Gasteiger partial charge >= 0.3 is 0 Å². The van der Waals surface area contributed by atoms with Gasteiger partial charge in [0.1, 0.15) is 5.82 Å². The van der Waals surface area contributed by atoms with Crippen molar-refractivity contribution in [2.75, 3.05) is 4.90 Å². The van der Waals surface area contributed by atoms with Gasteiger partial charge in [-0.15, -0.1) is 0 Å². The minimum atomic E-state index is -0.351. The summed E-state index contributed by atoms with van der Waals surface area (Å²) in [5, 5.41) is 0. The first-order valence-corrected chi connectivity index (χ1v) is 9.70. The van der Waals surface area contributed by atoms with Gasteiger partial charge in [-0.2, -0.15) is 0 Å². The van der Waals surface area contributed by atoms with E-state index in [-0.39, 0.29) is 35.6 Å². The van der Waals surface area contributed by atoms with Crippen LogP contribution in [0.5, 0.6) is 0 Å². The van der Waals surface area contributed by atoms with Crippen molar-refractivity contribution in [3.05, 3.63) is 29.6 Å². The highest BCUT2D eigenvalue weighted by molar-refractivity contribution is 5.96. The normalized spacial score (nSPS) is 31.7. The molecule has 2 heterocycles. The average Bonchev–Trinajstić information content (AvgIpc) is 2.98. The standard InChI is InChI=1S/C20H26FN3O2/c1-12-6-9-19(25)24(12)18-11-13(7-8-16(18)21)10-17-14-4-2-3-5-15(14)20(26)23-22-17/h7-8,11-12,14-15,17,22H,2-6,9-10H2,1H3,(H,23,26). The Balaban J connectivity index is 1.56. The van der Waals surface area contributed by atoms with Crippen molar-refractivity contribution in [2.45, 2.75) is 64.0 Å². The fourth-order valence-electron chi connectivity index (χ4n) is 4.86. The number of carbonyl (C=O) groups is 2. The van der Waals surface area contributed by atoms with E-state index in [9.17, 15) is 14.0 Å². The van der Waals surface area contributed by atoms with Crippen LogP contribution in [0.25, 0.3) is 0 Å². The molecule has 3 aliphatic rings. The van der Waals surface area contributed by atoms with Crippen molar-refractivity contribution in [1.29, 1.82) is 0 Å². The summed E-state index contributed by atoms with van der Waals surface area (Å²) in [6, 6.07) is 5.23. The van der Waals surface area contributed by atoms with Gasteiger partial charge in [0.15, 0.2) is 0 Å². The molecule has 1 saturated carbocycles. The summed E-state index contributed by atoms with van der Waals surface area (Å²) in [7, 11) is 0. The Bertz CT molecular complexity index is 723. The molecule has 0 radical (unpaired) electrons. The molecule has 4 unspecified atom stereocenters. The second-order valence-corrected chi connectivity index (χ2v) is 7.94. The van der Waals surface area contributed by atoms with Crippen LogP contribution in [0, 0.1) is 17.7 Å². The third-order valence-electron chi connectivity index (χ3n) is 6.26.